The van der Waals surface area contributed by atoms with Crippen molar-refractivity contribution < 1.29 is 17.6 Å². The number of aryl methyl sites for hydroxylation is 2. The van der Waals surface area contributed by atoms with Crippen LogP contribution in [0.2, 0.25) is 0 Å². The lowest BCUT2D eigenvalue weighted by Crippen LogP contribution is -2.37. The number of benzene rings is 2. The van der Waals surface area contributed by atoms with Crippen molar-refractivity contribution in [3.8, 4) is 0 Å². The largest absolute Gasteiger partial charge is 0.355 e. The van der Waals surface area contributed by atoms with Crippen molar-refractivity contribution in [2.24, 2.45) is 0 Å². The standard InChI is InChI=1S/C20H23FN2O3S/c21-18-8-5-15(6-9-18)11-12-22-20(24)14-23-27(25,26)19-10-7-16-3-1-2-4-17(16)13-19/h5-10,13,23H,1-4,11-12,14H2,(H,22,24). The van der Waals surface area contributed by atoms with Gasteiger partial charge in [-0.25, -0.2) is 17.5 Å². The quantitative estimate of drug-likeness (QED) is 0.762. The Balaban J connectivity index is 1.49. The summed E-state index contributed by atoms with van der Waals surface area (Å²) in [7, 11) is -3.72. The van der Waals surface area contributed by atoms with E-state index in [1.807, 2.05) is 6.07 Å². The Labute approximate surface area is 159 Å². The minimum absolute atomic E-state index is 0.197. The van der Waals surface area contributed by atoms with Gasteiger partial charge in [-0.15, -0.1) is 0 Å². The predicted molar refractivity (Wildman–Crippen MR) is 101 cm³/mol. The molecule has 2 N–H and O–H groups in total. The molecule has 144 valence electrons. The van der Waals surface area contributed by atoms with Crippen molar-refractivity contribution in [2.45, 2.75) is 37.0 Å². The van der Waals surface area contributed by atoms with Crippen molar-refractivity contribution in [1.82, 2.24) is 10.0 Å². The summed E-state index contributed by atoms with van der Waals surface area (Å²) in [4.78, 5) is 12.1. The zero-order valence-electron chi connectivity index (χ0n) is 15.0. The van der Waals surface area contributed by atoms with Crippen LogP contribution < -0.4 is 10.0 Å². The Hall–Kier alpha value is -2.25. The molecule has 5 nitrogen and oxygen atoms in total. The fourth-order valence-electron chi connectivity index (χ4n) is 3.18. The van der Waals surface area contributed by atoms with E-state index in [1.165, 1.54) is 17.7 Å². The van der Waals surface area contributed by atoms with E-state index >= 15 is 0 Å². The third kappa shape index (κ3) is 5.37. The van der Waals surface area contributed by atoms with Crippen LogP contribution in [-0.2, 0) is 34.1 Å². The SMILES string of the molecule is O=C(CNS(=O)(=O)c1ccc2c(c1)CCCC2)NCCc1ccc(F)cc1. The zero-order chi connectivity index (χ0) is 19.3. The molecule has 27 heavy (non-hydrogen) atoms. The average Bonchev–Trinajstić information content (AvgIpc) is 2.67. The Kier molecular flexibility index (Phi) is 6.23. The molecule has 0 atom stereocenters. The molecule has 0 fully saturated rings. The van der Waals surface area contributed by atoms with E-state index in [1.54, 1.807) is 24.3 Å². The van der Waals surface area contributed by atoms with E-state index in [0.717, 1.165) is 36.8 Å². The lowest BCUT2D eigenvalue weighted by atomic mass is 9.92. The first-order chi connectivity index (χ1) is 12.9. The van der Waals surface area contributed by atoms with Gasteiger partial charge in [0.05, 0.1) is 11.4 Å². The van der Waals surface area contributed by atoms with Gasteiger partial charge in [-0.2, -0.15) is 0 Å². The lowest BCUT2D eigenvalue weighted by molar-refractivity contribution is -0.119. The molecule has 7 heteroatoms. The summed E-state index contributed by atoms with van der Waals surface area (Å²) in [6.07, 6.45) is 4.63. The predicted octanol–water partition coefficient (Wildman–Crippen LogP) is 2.34. The second-order valence-electron chi connectivity index (χ2n) is 6.69. The summed E-state index contributed by atoms with van der Waals surface area (Å²) in [5.74, 6) is -0.710. The van der Waals surface area contributed by atoms with E-state index < -0.39 is 15.9 Å². The number of hydrogen-bond acceptors (Lipinski definition) is 3. The number of halogens is 1. The molecule has 2 aromatic rings. The van der Waals surface area contributed by atoms with E-state index in [9.17, 15) is 17.6 Å². The number of hydrogen-bond donors (Lipinski definition) is 2. The van der Waals surface area contributed by atoms with Crippen LogP contribution in [0.4, 0.5) is 4.39 Å². The molecular weight excluding hydrogens is 367 g/mol. The maximum atomic E-state index is 12.8. The van der Waals surface area contributed by atoms with Gasteiger partial charge in [0.2, 0.25) is 15.9 Å². The van der Waals surface area contributed by atoms with Crippen LogP contribution in [0.25, 0.3) is 0 Å². The summed E-state index contributed by atoms with van der Waals surface area (Å²) >= 11 is 0. The molecule has 0 heterocycles. The fourth-order valence-corrected chi connectivity index (χ4v) is 4.21. The van der Waals surface area contributed by atoms with Crippen LogP contribution >= 0.6 is 0 Å². The lowest BCUT2D eigenvalue weighted by Gasteiger charge is -2.16. The first kappa shape index (κ1) is 19.5. The summed E-state index contributed by atoms with van der Waals surface area (Å²) in [5.41, 5.74) is 3.18. The van der Waals surface area contributed by atoms with Crippen LogP contribution in [-0.4, -0.2) is 27.4 Å². The highest BCUT2D eigenvalue weighted by molar-refractivity contribution is 7.89. The van der Waals surface area contributed by atoms with E-state index in [0.29, 0.717) is 13.0 Å². The van der Waals surface area contributed by atoms with Crippen LogP contribution in [0.5, 0.6) is 0 Å². The molecule has 0 saturated carbocycles. The molecule has 0 aliphatic heterocycles. The number of fused-ring (bicyclic) bond motifs is 1. The third-order valence-electron chi connectivity index (χ3n) is 4.70. The number of amides is 1. The second-order valence-corrected chi connectivity index (χ2v) is 8.46. The van der Waals surface area contributed by atoms with E-state index in [-0.39, 0.29) is 17.3 Å². The molecular formula is C20H23FN2O3S. The molecule has 0 bridgehead atoms. The molecule has 3 rings (SSSR count). The molecule has 0 spiro atoms. The Bertz CT molecular complexity index is 911. The van der Waals surface area contributed by atoms with Gasteiger partial charge in [-0.05, 0) is 73.1 Å². The molecule has 0 aromatic heterocycles. The first-order valence-corrected chi connectivity index (χ1v) is 10.5. The molecule has 0 radical (unpaired) electrons. The maximum Gasteiger partial charge on any atom is 0.241 e. The Morgan fingerprint density at radius 2 is 1.70 bits per heavy atom. The first-order valence-electron chi connectivity index (χ1n) is 9.07. The minimum Gasteiger partial charge on any atom is -0.355 e. The Morgan fingerprint density at radius 1 is 1.00 bits per heavy atom. The minimum atomic E-state index is -3.72. The number of nitrogens with one attached hydrogen (secondary N) is 2. The summed E-state index contributed by atoms with van der Waals surface area (Å²) < 4.78 is 40.0. The molecule has 0 saturated heterocycles. The molecule has 1 amide bonds. The summed E-state index contributed by atoms with van der Waals surface area (Å²) in [6, 6.07) is 11.2. The van der Waals surface area contributed by atoms with Crippen molar-refractivity contribution in [1.29, 1.82) is 0 Å². The summed E-state index contributed by atoms with van der Waals surface area (Å²) in [6.45, 7) is 0.0356. The van der Waals surface area contributed by atoms with Gasteiger partial charge in [0.1, 0.15) is 5.82 Å². The van der Waals surface area contributed by atoms with Crippen molar-refractivity contribution in [2.75, 3.05) is 13.1 Å². The van der Waals surface area contributed by atoms with Crippen molar-refractivity contribution in [3.63, 3.8) is 0 Å². The molecule has 2 aromatic carbocycles. The van der Waals surface area contributed by atoms with Crippen molar-refractivity contribution >= 4 is 15.9 Å². The average molecular weight is 390 g/mol. The van der Waals surface area contributed by atoms with Crippen LogP contribution in [0.1, 0.15) is 29.5 Å². The van der Waals surface area contributed by atoms with Crippen LogP contribution in [0.3, 0.4) is 0 Å². The molecule has 0 unspecified atom stereocenters. The number of rotatable bonds is 7. The normalized spacial score (nSPS) is 13.8. The third-order valence-corrected chi connectivity index (χ3v) is 6.10. The topological polar surface area (TPSA) is 75.3 Å². The highest BCUT2D eigenvalue weighted by Crippen LogP contribution is 2.23. The number of carbonyl (C=O) groups excluding carboxylic acids is 1. The van der Waals surface area contributed by atoms with E-state index in [2.05, 4.69) is 10.0 Å². The van der Waals surface area contributed by atoms with Crippen LogP contribution in [0, 0.1) is 5.82 Å². The highest BCUT2D eigenvalue weighted by atomic mass is 32.2. The maximum absolute atomic E-state index is 12.8. The van der Waals surface area contributed by atoms with Gasteiger partial charge < -0.3 is 5.32 Å². The van der Waals surface area contributed by atoms with Gasteiger partial charge in [0.25, 0.3) is 0 Å². The monoisotopic (exact) mass is 390 g/mol. The highest BCUT2D eigenvalue weighted by Gasteiger charge is 2.18. The summed E-state index contributed by atoms with van der Waals surface area (Å²) in [5, 5.41) is 2.66. The van der Waals surface area contributed by atoms with Crippen molar-refractivity contribution in [3.05, 3.63) is 65.0 Å². The number of carbonyl (C=O) groups is 1. The van der Waals surface area contributed by atoms with Gasteiger partial charge in [-0.1, -0.05) is 18.2 Å². The smallest absolute Gasteiger partial charge is 0.241 e. The molecule has 1 aliphatic rings. The Morgan fingerprint density at radius 3 is 2.44 bits per heavy atom. The molecule has 1 aliphatic carbocycles. The van der Waals surface area contributed by atoms with Crippen LogP contribution in [0.15, 0.2) is 47.4 Å². The zero-order valence-corrected chi connectivity index (χ0v) is 15.8. The van der Waals surface area contributed by atoms with Gasteiger partial charge in [-0.3, -0.25) is 4.79 Å². The van der Waals surface area contributed by atoms with E-state index in [4.69, 9.17) is 0 Å². The fraction of sp³-hybridized carbons (Fsp3) is 0.350. The number of sulfonamides is 1. The van der Waals surface area contributed by atoms with Gasteiger partial charge >= 0.3 is 0 Å². The second kappa shape index (κ2) is 8.63. The van der Waals surface area contributed by atoms with Gasteiger partial charge in [0.15, 0.2) is 0 Å². The van der Waals surface area contributed by atoms with Gasteiger partial charge in [0, 0.05) is 6.54 Å².